The molecule has 1 nitrogen and oxygen atoms in total. The Hall–Kier alpha value is -0.810. The Balaban J connectivity index is 2.78. The van der Waals surface area contributed by atoms with Gasteiger partial charge in [0, 0.05) is 31.6 Å². The van der Waals surface area contributed by atoms with Crippen LogP contribution in [0.1, 0.15) is 12.0 Å². The van der Waals surface area contributed by atoms with Crippen LogP contribution in [0.25, 0.3) is 10.1 Å². The number of thiophene rings is 1. The standard InChI is InChI=1S/C9H7F2NS2/c10-9(11)6-3-14-8-5(6)1-4(12)2-7(8)13/h1-3,9,13H,12H2. The summed E-state index contributed by atoms with van der Waals surface area (Å²) in [6, 6.07) is 3.23. The highest BCUT2D eigenvalue weighted by molar-refractivity contribution is 7.80. The summed E-state index contributed by atoms with van der Waals surface area (Å²) >= 11 is 5.45. The number of hydrogen-bond donors (Lipinski definition) is 2. The van der Waals surface area contributed by atoms with E-state index in [-0.39, 0.29) is 5.56 Å². The number of thiol groups is 1. The van der Waals surface area contributed by atoms with Gasteiger partial charge in [0.15, 0.2) is 0 Å². The number of hydrogen-bond acceptors (Lipinski definition) is 3. The molecule has 0 atom stereocenters. The molecule has 1 heterocycles. The minimum Gasteiger partial charge on any atom is -0.399 e. The number of benzene rings is 1. The number of alkyl halides is 2. The van der Waals surface area contributed by atoms with Gasteiger partial charge in [0.2, 0.25) is 0 Å². The van der Waals surface area contributed by atoms with E-state index in [1.807, 2.05) is 0 Å². The van der Waals surface area contributed by atoms with Gasteiger partial charge < -0.3 is 5.73 Å². The summed E-state index contributed by atoms with van der Waals surface area (Å²) in [5, 5.41) is 1.96. The van der Waals surface area contributed by atoms with Crippen LogP contribution in [0.2, 0.25) is 0 Å². The topological polar surface area (TPSA) is 26.0 Å². The number of anilines is 1. The van der Waals surface area contributed by atoms with Crippen LogP contribution in [0.5, 0.6) is 0 Å². The van der Waals surface area contributed by atoms with Gasteiger partial charge >= 0.3 is 0 Å². The van der Waals surface area contributed by atoms with Gasteiger partial charge in [-0.3, -0.25) is 0 Å². The molecule has 0 amide bonds. The molecular formula is C9H7F2NS2. The Kier molecular flexibility index (Phi) is 2.36. The number of fused-ring (bicyclic) bond motifs is 1. The van der Waals surface area contributed by atoms with Crippen molar-refractivity contribution in [1.82, 2.24) is 0 Å². The molecule has 2 rings (SSSR count). The van der Waals surface area contributed by atoms with Crippen molar-refractivity contribution in [3.63, 3.8) is 0 Å². The average Bonchev–Trinajstić information content (AvgIpc) is 2.47. The largest absolute Gasteiger partial charge is 0.399 e. The van der Waals surface area contributed by atoms with Crippen LogP contribution in [-0.4, -0.2) is 0 Å². The number of rotatable bonds is 1. The molecule has 0 unspecified atom stereocenters. The number of nitrogen functional groups attached to an aromatic ring is 1. The highest BCUT2D eigenvalue weighted by Crippen LogP contribution is 2.37. The molecule has 14 heavy (non-hydrogen) atoms. The van der Waals surface area contributed by atoms with Crippen LogP contribution >= 0.6 is 24.0 Å². The Bertz CT molecular complexity index is 479. The van der Waals surface area contributed by atoms with Crippen molar-refractivity contribution in [2.24, 2.45) is 0 Å². The zero-order chi connectivity index (χ0) is 10.3. The summed E-state index contributed by atoms with van der Waals surface area (Å²) in [5.41, 5.74) is 6.06. The Morgan fingerprint density at radius 2 is 2.07 bits per heavy atom. The molecule has 2 N–H and O–H groups in total. The molecular weight excluding hydrogens is 224 g/mol. The monoisotopic (exact) mass is 231 g/mol. The maximum Gasteiger partial charge on any atom is 0.265 e. The van der Waals surface area contributed by atoms with Crippen molar-refractivity contribution in [2.75, 3.05) is 5.73 Å². The van der Waals surface area contributed by atoms with Crippen molar-refractivity contribution in [3.8, 4) is 0 Å². The molecule has 5 heteroatoms. The van der Waals surface area contributed by atoms with E-state index in [1.54, 1.807) is 12.1 Å². The van der Waals surface area contributed by atoms with Crippen LogP contribution in [0, 0.1) is 0 Å². The molecule has 0 aliphatic carbocycles. The quantitative estimate of drug-likeness (QED) is 0.568. The summed E-state index contributed by atoms with van der Waals surface area (Å²) in [6.07, 6.45) is -2.46. The summed E-state index contributed by atoms with van der Waals surface area (Å²) in [5.74, 6) is 0. The molecule has 0 saturated carbocycles. The lowest BCUT2D eigenvalue weighted by molar-refractivity contribution is 0.153. The molecule has 0 bridgehead atoms. The van der Waals surface area contributed by atoms with Gasteiger partial charge in [-0.25, -0.2) is 8.78 Å². The summed E-state index contributed by atoms with van der Waals surface area (Å²) in [7, 11) is 0. The van der Waals surface area contributed by atoms with Crippen molar-refractivity contribution in [2.45, 2.75) is 11.3 Å². The fourth-order valence-corrected chi connectivity index (χ4v) is 2.71. The zero-order valence-electron chi connectivity index (χ0n) is 7.00. The first kappa shape index (κ1) is 9.73. The molecule has 0 radical (unpaired) electrons. The predicted octanol–water partition coefficient (Wildman–Crippen LogP) is 3.71. The maximum absolute atomic E-state index is 12.5. The fraction of sp³-hybridized carbons (Fsp3) is 0.111. The molecule has 1 aromatic heterocycles. The normalized spacial score (nSPS) is 11.4. The van der Waals surface area contributed by atoms with E-state index >= 15 is 0 Å². The second kappa shape index (κ2) is 3.40. The Morgan fingerprint density at radius 1 is 1.36 bits per heavy atom. The second-order valence-electron chi connectivity index (χ2n) is 2.91. The maximum atomic E-state index is 12.5. The van der Waals surface area contributed by atoms with Crippen LogP contribution in [0.4, 0.5) is 14.5 Å². The van der Waals surface area contributed by atoms with E-state index in [1.165, 1.54) is 16.7 Å². The lowest BCUT2D eigenvalue weighted by Crippen LogP contribution is -1.86. The lowest BCUT2D eigenvalue weighted by atomic mass is 10.1. The van der Waals surface area contributed by atoms with E-state index in [2.05, 4.69) is 12.6 Å². The van der Waals surface area contributed by atoms with E-state index in [0.29, 0.717) is 16.0 Å². The van der Waals surface area contributed by atoms with Gasteiger partial charge in [-0.1, -0.05) is 0 Å². The molecule has 0 spiro atoms. The third-order valence-electron chi connectivity index (χ3n) is 1.94. The molecule has 0 fully saturated rings. The van der Waals surface area contributed by atoms with Gasteiger partial charge in [0.1, 0.15) is 0 Å². The second-order valence-corrected chi connectivity index (χ2v) is 4.27. The van der Waals surface area contributed by atoms with Crippen molar-refractivity contribution in [1.29, 1.82) is 0 Å². The number of nitrogens with two attached hydrogens (primary N) is 1. The van der Waals surface area contributed by atoms with Crippen molar-refractivity contribution in [3.05, 3.63) is 23.1 Å². The first-order valence-electron chi connectivity index (χ1n) is 3.87. The van der Waals surface area contributed by atoms with Crippen LogP contribution in [0.15, 0.2) is 22.4 Å². The molecule has 0 aliphatic heterocycles. The molecule has 0 saturated heterocycles. The summed E-state index contributed by atoms with van der Waals surface area (Å²) in [6.45, 7) is 0. The van der Waals surface area contributed by atoms with E-state index in [9.17, 15) is 8.78 Å². The minimum absolute atomic E-state index is 0.0348. The molecule has 2 aromatic rings. The molecule has 74 valence electrons. The number of halogens is 2. The first-order chi connectivity index (χ1) is 6.59. The van der Waals surface area contributed by atoms with Gasteiger partial charge in [-0.05, 0) is 12.1 Å². The van der Waals surface area contributed by atoms with Crippen LogP contribution in [0.3, 0.4) is 0 Å². The van der Waals surface area contributed by atoms with E-state index in [4.69, 9.17) is 5.73 Å². The van der Waals surface area contributed by atoms with Gasteiger partial charge in [0.25, 0.3) is 6.43 Å². The SMILES string of the molecule is Nc1cc(S)c2scc(C(F)F)c2c1. The third kappa shape index (κ3) is 1.46. The Morgan fingerprint density at radius 3 is 2.71 bits per heavy atom. The molecule has 0 aliphatic rings. The zero-order valence-corrected chi connectivity index (χ0v) is 8.71. The van der Waals surface area contributed by atoms with Crippen molar-refractivity contribution < 1.29 is 8.78 Å². The Labute approximate surface area is 88.9 Å². The van der Waals surface area contributed by atoms with Gasteiger partial charge in [-0.15, -0.1) is 24.0 Å². The van der Waals surface area contributed by atoms with Crippen LogP contribution < -0.4 is 5.73 Å². The van der Waals surface area contributed by atoms with Crippen molar-refractivity contribution >= 4 is 39.7 Å². The van der Waals surface area contributed by atoms with Gasteiger partial charge in [-0.2, -0.15) is 0 Å². The van der Waals surface area contributed by atoms with Gasteiger partial charge in [0.05, 0.1) is 0 Å². The van der Waals surface area contributed by atoms with E-state index < -0.39 is 6.43 Å². The smallest absolute Gasteiger partial charge is 0.265 e. The van der Waals surface area contributed by atoms with Crippen LogP contribution in [-0.2, 0) is 0 Å². The first-order valence-corrected chi connectivity index (χ1v) is 5.20. The fourth-order valence-electron chi connectivity index (χ4n) is 1.33. The minimum atomic E-state index is -2.46. The average molecular weight is 231 g/mol. The highest BCUT2D eigenvalue weighted by atomic mass is 32.1. The predicted molar refractivity (Wildman–Crippen MR) is 58.4 cm³/mol. The molecule has 1 aromatic carbocycles. The summed E-state index contributed by atoms with van der Waals surface area (Å²) < 4.78 is 25.8. The van der Waals surface area contributed by atoms with E-state index in [0.717, 1.165) is 4.70 Å². The third-order valence-corrected chi connectivity index (χ3v) is 3.49. The lowest BCUT2D eigenvalue weighted by Gasteiger charge is -2.00. The summed E-state index contributed by atoms with van der Waals surface area (Å²) in [4.78, 5) is 0.650. The highest BCUT2D eigenvalue weighted by Gasteiger charge is 2.14.